The highest BCUT2D eigenvalue weighted by Gasteiger charge is 2.40. The summed E-state index contributed by atoms with van der Waals surface area (Å²) in [5, 5.41) is 3.23. The minimum Gasteiger partial charge on any atom is -0.355 e. The molecule has 0 aliphatic carbocycles. The van der Waals surface area contributed by atoms with Gasteiger partial charge < -0.3 is 10.2 Å². The zero-order valence-electron chi connectivity index (χ0n) is 18.5. The van der Waals surface area contributed by atoms with Crippen molar-refractivity contribution in [1.29, 1.82) is 0 Å². The Morgan fingerprint density at radius 2 is 1.88 bits per heavy atom. The summed E-state index contributed by atoms with van der Waals surface area (Å²) in [7, 11) is -3.92. The van der Waals surface area contributed by atoms with E-state index in [0.717, 1.165) is 9.87 Å². The van der Waals surface area contributed by atoms with E-state index in [4.69, 9.17) is 11.6 Å². The number of hydrogen-bond acceptors (Lipinski definition) is 5. The fourth-order valence-electron chi connectivity index (χ4n) is 3.71. The third-order valence-corrected chi connectivity index (χ3v) is 7.50. The molecule has 2 aromatic carbocycles. The minimum atomic E-state index is -3.92. The average Bonchev–Trinajstić information content (AvgIpc) is 2.98. The molecular formula is C23H26ClN3O5S. The number of halogens is 1. The van der Waals surface area contributed by atoms with Crippen molar-refractivity contribution in [3.8, 4) is 0 Å². The molecule has 3 rings (SSSR count). The van der Waals surface area contributed by atoms with Crippen LogP contribution in [0.5, 0.6) is 0 Å². The Kier molecular flexibility index (Phi) is 7.76. The molecule has 0 spiro atoms. The quantitative estimate of drug-likeness (QED) is 0.581. The lowest BCUT2D eigenvalue weighted by atomic mass is 10.1. The first kappa shape index (κ1) is 24.7. The second kappa shape index (κ2) is 10.4. The fourth-order valence-corrected chi connectivity index (χ4v) is 5.53. The van der Waals surface area contributed by atoms with Crippen LogP contribution < -0.4 is 5.32 Å². The van der Waals surface area contributed by atoms with Crippen LogP contribution >= 0.6 is 11.6 Å². The van der Waals surface area contributed by atoms with Crippen molar-refractivity contribution in [1.82, 2.24) is 14.5 Å². The van der Waals surface area contributed by atoms with Gasteiger partial charge in [-0.1, -0.05) is 35.9 Å². The summed E-state index contributed by atoms with van der Waals surface area (Å²) in [6.45, 7) is 3.90. The maximum atomic E-state index is 13.1. The number of rotatable bonds is 9. The van der Waals surface area contributed by atoms with Crippen molar-refractivity contribution in [2.45, 2.75) is 44.2 Å². The normalized spacial score (nSPS) is 15.1. The average molecular weight is 492 g/mol. The van der Waals surface area contributed by atoms with E-state index in [1.54, 1.807) is 44.2 Å². The third-order valence-electron chi connectivity index (χ3n) is 5.42. The van der Waals surface area contributed by atoms with Gasteiger partial charge in [-0.15, -0.1) is 0 Å². The fraction of sp³-hybridized carbons (Fsp3) is 0.348. The molecule has 0 unspecified atom stereocenters. The molecular weight excluding hydrogens is 466 g/mol. The van der Waals surface area contributed by atoms with E-state index >= 15 is 0 Å². The highest BCUT2D eigenvalue weighted by atomic mass is 35.5. The highest BCUT2D eigenvalue weighted by Crippen LogP contribution is 2.30. The topological polar surface area (TPSA) is 104 Å². The number of hydrogen-bond donors (Lipinski definition) is 1. The van der Waals surface area contributed by atoms with Gasteiger partial charge in [-0.05, 0) is 50.1 Å². The van der Waals surface area contributed by atoms with Gasteiger partial charge in [0, 0.05) is 31.1 Å². The molecule has 0 saturated heterocycles. The monoisotopic (exact) mass is 491 g/mol. The van der Waals surface area contributed by atoms with E-state index in [9.17, 15) is 22.8 Å². The molecule has 33 heavy (non-hydrogen) atoms. The Bertz CT molecular complexity index is 1170. The Morgan fingerprint density at radius 1 is 1.15 bits per heavy atom. The van der Waals surface area contributed by atoms with Crippen molar-refractivity contribution in [3.63, 3.8) is 0 Å². The van der Waals surface area contributed by atoms with Crippen molar-refractivity contribution >= 4 is 39.3 Å². The van der Waals surface area contributed by atoms with Crippen LogP contribution in [0.15, 0.2) is 53.4 Å². The molecule has 0 fully saturated rings. The first-order valence-electron chi connectivity index (χ1n) is 10.6. The molecule has 2 aromatic rings. The maximum Gasteiger partial charge on any atom is 0.269 e. The minimum absolute atomic E-state index is 0.0197. The van der Waals surface area contributed by atoms with Crippen LogP contribution in [0.1, 0.15) is 42.6 Å². The van der Waals surface area contributed by atoms with E-state index in [0.29, 0.717) is 11.6 Å². The number of carbonyl (C=O) groups excluding carboxylic acids is 3. The van der Waals surface area contributed by atoms with E-state index in [1.165, 1.54) is 17.0 Å². The first-order valence-corrected chi connectivity index (χ1v) is 12.5. The molecule has 1 aliphatic rings. The predicted molar refractivity (Wildman–Crippen MR) is 124 cm³/mol. The molecule has 176 valence electrons. The summed E-state index contributed by atoms with van der Waals surface area (Å²) in [6, 6.07) is 12.3. The lowest BCUT2D eigenvalue weighted by Gasteiger charge is -2.29. The Balaban J connectivity index is 1.70. The van der Waals surface area contributed by atoms with Crippen LogP contribution in [-0.2, 0) is 26.2 Å². The van der Waals surface area contributed by atoms with Gasteiger partial charge in [-0.2, -0.15) is 0 Å². The summed E-state index contributed by atoms with van der Waals surface area (Å²) in [5.41, 5.74) is 0.899. The second-order valence-corrected chi connectivity index (χ2v) is 9.97. The Hall–Kier alpha value is -2.91. The number of nitrogens with one attached hydrogen (secondary N) is 1. The predicted octanol–water partition coefficient (Wildman–Crippen LogP) is 2.82. The third kappa shape index (κ3) is 5.36. The van der Waals surface area contributed by atoms with Crippen LogP contribution in [0, 0.1) is 0 Å². The van der Waals surface area contributed by atoms with Gasteiger partial charge in [0.25, 0.3) is 15.9 Å². The highest BCUT2D eigenvalue weighted by molar-refractivity contribution is 7.90. The second-order valence-electron chi connectivity index (χ2n) is 7.70. The summed E-state index contributed by atoms with van der Waals surface area (Å²) in [4.78, 5) is 39.5. The number of benzene rings is 2. The lowest BCUT2D eigenvalue weighted by molar-refractivity contribution is -0.140. The smallest absolute Gasteiger partial charge is 0.269 e. The van der Waals surface area contributed by atoms with E-state index in [-0.39, 0.29) is 48.2 Å². The zero-order valence-corrected chi connectivity index (χ0v) is 20.0. The SMILES string of the molecule is CCNC(=O)[C@H](C)N(Cc1cccc(Cl)c1)C(=O)CCCN1C(=O)c2ccccc2S1(=O)=O. The number of amides is 3. The van der Waals surface area contributed by atoms with Gasteiger partial charge >= 0.3 is 0 Å². The molecule has 3 amide bonds. The van der Waals surface area contributed by atoms with Crippen molar-refractivity contribution in [2.75, 3.05) is 13.1 Å². The molecule has 10 heteroatoms. The van der Waals surface area contributed by atoms with Gasteiger partial charge in [-0.25, -0.2) is 12.7 Å². The first-order chi connectivity index (χ1) is 15.7. The van der Waals surface area contributed by atoms with Crippen LogP contribution in [-0.4, -0.2) is 54.5 Å². The summed E-state index contributed by atoms with van der Waals surface area (Å²) in [6.07, 6.45) is 0.103. The van der Waals surface area contributed by atoms with Crippen LogP contribution in [0.2, 0.25) is 5.02 Å². The van der Waals surface area contributed by atoms with E-state index < -0.39 is 22.0 Å². The summed E-state index contributed by atoms with van der Waals surface area (Å²) in [5.74, 6) is -1.21. The largest absolute Gasteiger partial charge is 0.355 e. The number of fused-ring (bicyclic) bond motifs is 1. The van der Waals surface area contributed by atoms with Gasteiger partial charge in [0.05, 0.1) is 5.56 Å². The molecule has 1 aliphatic heterocycles. The Morgan fingerprint density at radius 3 is 2.55 bits per heavy atom. The molecule has 1 N–H and O–H groups in total. The van der Waals surface area contributed by atoms with Crippen LogP contribution in [0.3, 0.4) is 0 Å². The number of sulfonamides is 1. The number of carbonyl (C=O) groups is 3. The van der Waals surface area contributed by atoms with Crippen molar-refractivity contribution < 1.29 is 22.8 Å². The molecule has 0 aromatic heterocycles. The zero-order chi connectivity index (χ0) is 24.2. The maximum absolute atomic E-state index is 13.1. The van der Waals surface area contributed by atoms with E-state index in [2.05, 4.69) is 5.32 Å². The van der Waals surface area contributed by atoms with Crippen molar-refractivity contribution in [3.05, 3.63) is 64.7 Å². The summed E-state index contributed by atoms with van der Waals surface area (Å²) < 4.78 is 26.2. The van der Waals surface area contributed by atoms with Gasteiger partial charge in [0.2, 0.25) is 11.8 Å². The molecule has 0 saturated carbocycles. The van der Waals surface area contributed by atoms with Gasteiger partial charge in [0.15, 0.2) is 0 Å². The molecule has 8 nitrogen and oxygen atoms in total. The van der Waals surface area contributed by atoms with Gasteiger partial charge in [-0.3, -0.25) is 14.4 Å². The van der Waals surface area contributed by atoms with Crippen LogP contribution in [0.4, 0.5) is 0 Å². The lowest BCUT2D eigenvalue weighted by Crippen LogP contribution is -2.47. The van der Waals surface area contributed by atoms with Gasteiger partial charge in [0.1, 0.15) is 10.9 Å². The van der Waals surface area contributed by atoms with Crippen LogP contribution in [0.25, 0.3) is 0 Å². The van der Waals surface area contributed by atoms with E-state index in [1.807, 2.05) is 6.07 Å². The molecule has 1 atom stereocenters. The van der Waals surface area contributed by atoms with Crippen molar-refractivity contribution in [2.24, 2.45) is 0 Å². The standard InChI is InChI=1S/C23H26ClN3O5S/c1-3-25-22(29)16(2)26(15-17-8-6-9-18(24)14-17)21(28)12-7-13-27-23(30)19-10-4-5-11-20(19)33(27,31)32/h4-6,8-11,14,16H,3,7,12-13,15H2,1-2H3,(H,25,29)/t16-/m0/s1. The number of nitrogens with zero attached hydrogens (tertiary/aromatic N) is 2. The Labute approximate surface area is 198 Å². The molecule has 0 bridgehead atoms. The number of likely N-dealkylation sites (N-methyl/N-ethyl adjacent to an activating group) is 1. The molecule has 1 heterocycles. The summed E-state index contributed by atoms with van der Waals surface area (Å²) >= 11 is 6.06. The molecule has 0 radical (unpaired) electrons.